The zero-order chi connectivity index (χ0) is 14.3. The molecule has 3 N–H and O–H groups in total. The number of aryl methyl sites for hydroxylation is 2. The number of nitrogens with two attached hydrogens (primary N) is 1. The Morgan fingerprint density at radius 2 is 1.90 bits per heavy atom. The highest BCUT2D eigenvalue weighted by Crippen LogP contribution is 2.21. The second-order valence-electron chi connectivity index (χ2n) is 4.85. The monoisotopic (exact) mass is 265 g/mol. The molecule has 0 fully saturated rings. The maximum Gasteiger partial charge on any atom is 0.141 e. The van der Waals surface area contributed by atoms with E-state index in [0.717, 1.165) is 16.7 Å². The van der Waals surface area contributed by atoms with E-state index in [0.29, 0.717) is 5.69 Å². The fourth-order valence-corrected chi connectivity index (χ4v) is 2.19. The number of fused-ring (bicyclic) bond motifs is 1. The molecule has 3 aromatic rings. The third kappa shape index (κ3) is 1.93. The molecule has 0 amide bonds. The van der Waals surface area contributed by atoms with E-state index < -0.39 is 0 Å². The van der Waals surface area contributed by atoms with Gasteiger partial charge in [-0.2, -0.15) is 0 Å². The summed E-state index contributed by atoms with van der Waals surface area (Å²) in [5.74, 6) is -0.0386. The number of nitrogen functional groups attached to an aromatic ring is 1. The molecule has 0 atom stereocenters. The van der Waals surface area contributed by atoms with E-state index in [1.54, 1.807) is 18.6 Å². The van der Waals surface area contributed by atoms with Crippen molar-refractivity contribution in [2.45, 2.75) is 13.8 Å². The minimum atomic E-state index is -0.0386. The molecular formula is C15H15N5. The van der Waals surface area contributed by atoms with Gasteiger partial charge in [-0.25, -0.2) is 4.98 Å². The van der Waals surface area contributed by atoms with Crippen molar-refractivity contribution in [3.8, 4) is 5.69 Å². The molecule has 0 aliphatic rings. The average Bonchev–Trinajstić information content (AvgIpc) is 2.82. The molecule has 5 nitrogen and oxygen atoms in total. The van der Waals surface area contributed by atoms with E-state index in [2.05, 4.69) is 35.9 Å². The molecule has 0 aliphatic heterocycles. The van der Waals surface area contributed by atoms with E-state index in [1.807, 2.05) is 10.6 Å². The molecule has 0 radical (unpaired) electrons. The molecule has 5 heteroatoms. The third-order valence-electron chi connectivity index (χ3n) is 3.46. The third-order valence-corrected chi connectivity index (χ3v) is 3.46. The van der Waals surface area contributed by atoms with Crippen molar-refractivity contribution < 1.29 is 0 Å². The van der Waals surface area contributed by atoms with Crippen LogP contribution in [0.25, 0.3) is 16.7 Å². The number of hydrogen-bond donors (Lipinski definition) is 2. The molecule has 0 saturated carbocycles. The Morgan fingerprint density at radius 3 is 2.65 bits per heavy atom. The fraction of sp³-hybridized carbons (Fsp3) is 0.133. The summed E-state index contributed by atoms with van der Waals surface area (Å²) in [7, 11) is 0. The molecule has 3 rings (SSSR count). The topological polar surface area (TPSA) is 80.6 Å². The number of benzene rings is 1. The summed E-state index contributed by atoms with van der Waals surface area (Å²) < 4.78 is 1.98. The molecule has 20 heavy (non-hydrogen) atoms. The number of rotatable bonds is 2. The molecule has 2 aromatic heterocycles. The van der Waals surface area contributed by atoms with Gasteiger partial charge in [0.05, 0.1) is 16.7 Å². The minimum Gasteiger partial charge on any atom is -0.382 e. The lowest BCUT2D eigenvalue weighted by molar-refractivity contribution is 1.07. The van der Waals surface area contributed by atoms with Crippen molar-refractivity contribution in [2.75, 3.05) is 0 Å². The van der Waals surface area contributed by atoms with Gasteiger partial charge < -0.3 is 5.73 Å². The van der Waals surface area contributed by atoms with Gasteiger partial charge in [0.2, 0.25) is 0 Å². The summed E-state index contributed by atoms with van der Waals surface area (Å²) in [6, 6.07) is 7.86. The number of nitrogens with one attached hydrogen (secondary N) is 1. The summed E-state index contributed by atoms with van der Waals surface area (Å²) in [5, 5.41) is 7.47. The van der Waals surface area contributed by atoms with Gasteiger partial charge in [-0.3, -0.25) is 15.0 Å². The van der Waals surface area contributed by atoms with Crippen LogP contribution in [-0.2, 0) is 0 Å². The van der Waals surface area contributed by atoms with Crippen molar-refractivity contribution in [1.29, 1.82) is 5.41 Å². The highest BCUT2D eigenvalue weighted by molar-refractivity contribution is 5.93. The quantitative estimate of drug-likeness (QED) is 0.551. The zero-order valence-corrected chi connectivity index (χ0v) is 11.4. The van der Waals surface area contributed by atoms with Gasteiger partial charge in [-0.15, -0.1) is 0 Å². The van der Waals surface area contributed by atoms with Crippen molar-refractivity contribution in [3.05, 3.63) is 53.6 Å². The van der Waals surface area contributed by atoms with Gasteiger partial charge in [0.25, 0.3) is 0 Å². The van der Waals surface area contributed by atoms with Crippen LogP contribution >= 0.6 is 0 Å². The van der Waals surface area contributed by atoms with E-state index in [9.17, 15) is 0 Å². The molecule has 0 spiro atoms. The van der Waals surface area contributed by atoms with Gasteiger partial charge in [0.1, 0.15) is 17.9 Å². The molecule has 0 aliphatic carbocycles. The number of amidine groups is 1. The standard InChI is InChI=1S/C15H15N5/c1-9-5-12-14(6-10(9)2)20(8-19-12)11-3-4-18-13(7-11)15(16)17/h3-8H,1-2H3,(H3,16,17). The molecular weight excluding hydrogens is 250 g/mol. The van der Waals surface area contributed by atoms with Crippen LogP contribution in [-0.4, -0.2) is 20.4 Å². The lowest BCUT2D eigenvalue weighted by Gasteiger charge is -2.07. The van der Waals surface area contributed by atoms with E-state index in [-0.39, 0.29) is 5.84 Å². The van der Waals surface area contributed by atoms with Crippen LogP contribution in [0.3, 0.4) is 0 Å². The molecule has 0 unspecified atom stereocenters. The van der Waals surface area contributed by atoms with Crippen LogP contribution in [0.15, 0.2) is 36.8 Å². The first-order valence-electron chi connectivity index (χ1n) is 6.31. The Morgan fingerprint density at radius 1 is 1.15 bits per heavy atom. The summed E-state index contributed by atoms with van der Waals surface area (Å²) in [6.45, 7) is 4.16. The van der Waals surface area contributed by atoms with Crippen LogP contribution in [0.4, 0.5) is 0 Å². The average molecular weight is 265 g/mol. The predicted molar refractivity (Wildman–Crippen MR) is 79.4 cm³/mol. The Labute approximate surface area is 116 Å². The summed E-state index contributed by atoms with van der Waals surface area (Å²) >= 11 is 0. The van der Waals surface area contributed by atoms with Crippen LogP contribution in [0, 0.1) is 19.3 Å². The fourth-order valence-electron chi connectivity index (χ4n) is 2.19. The van der Waals surface area contributed by atoms with Gasteiger partial charge in [-0.05, 0) is 49.2 Å². The van der Waals surface area contributed by atoms with Gasteiger partial charge in [0.15, 0.2) is 0 Å². The van der Waals surface area contributed by atoms with E-state index in [1.165, 1.54) is 11.1 Å². The highest BCUT2D eigenvalue weighted by atomic mass is 15.1. The smallest absolute Gasteiger partial charge is 0.141 e. The first-order valence-corrected chi connectivity index (χ1v) is 6.31. The number of imidazole rings is 1. The summed E-state index contributed by atoms with van der Waals surface area (Å²) in [6.07, 6.45) is 3.43. The largest absolute Gasteiger partial charge is 0.382 e. The van der Waals surface area contributed by atoms with Crippen LogP contribution in [0.5, 0.6) is 0 Å². The van der Waals surface area contributed by atoms with Crippen molar-refractivity contribution >= 4 is 16.9 Å². The number of aromatic nitrogens is 3. The molecule has 100 valence electrons. The summed E-state index contributed by atoms with van der Waals surface area (Å²) in [4.78, 5) is 8.51. The summed E-state index contributed by atoms with van der Waals surface area (Å²) in [5.41, 5.74) is 11.3. The van der Waals surface area contributed by atoms with Gasteiger partial charge in [-0.1, -0.05) is 0 Å². The zero-order valence-electron chi connectivity index (χ0n) is 11.4. The molecule has 1 aromatic carbocycles. The predicted octanol–water partition coefficient (Wildman–Crippen LogP) is 2.32. The Bertz CT molecular complexity index is 816. The number of pyridine rings is 1. The second kappa shape index (κ2) is 4.45. The molecule has 2 heterocycles. The Balaban J connectivity index is 2.22. The van der Waals surface area contributed by atoms with E-state index in [4.69, 9.17) is 11.1 Å². The minimum absolute atomic E-state index is 0.0386. The maximum atomic E-state index is 7.47. The van der Waals surface area contributed by atoms with Gasteiger partial charge in [0, 0.05) is 6.20 Å². The van der Waals surface area contributed by atoms with Crippen molar-refractivity contribution in [3.63, 3.8) is 0 Å². The van der Waals surface area contributed by atoms with Crippen LogP contribution in [0.1, 0.15) is 16.8 Å². The first kappa shape index (κ1) is 12.3. The van der Waals surface area contributed by atoms with Crippen LogP contribution in [0.2, 0.25) is 0 Å². The normalized spacial score (nSPS) is 10.9. The maximum absolute atomic E-state index is 7.47. The lowest BCUT2D eigenvalue weighted by Crippen LogP contribution is -2.13. The number of nitrogens with zero attached hydrogens (tertiary/aromatic N) is 3. The van der Waals surface area contributed by atoms with Gasteiger partial charge >= 0.3 is 0 Å². The number of hydrogen-bond acceptors (Lipinski definition) is 3. The van der Waals surface area contributed by atoms with Crippen molar-refractivity contribution in [1.82, 2.24) is 14.5 Å². The Hall–Kier alpha value is -2.69. The second-order valence-corrected chi connectivity index (χ2v) is 4.85. The van der Waals surface area contributed by atoms with Crippen LogP contribution < -0.4 is 5.73 Å². The highest BCUT2D eigenvalue weighted by Gasteiger charge is 2.08. The van der Waals surface area contributed by atoms with Crippen molar-refractivity contribution in [2.24, 2.45) is 5.73 Å². The molecule has 0 saturated heterocycles. The Kier molecular flexibility index (Phi) is 2.75. The SMILES string of the molecule is Cc1cc2ncn(-c3ccnc(C(=N)N)c3)c2cc1C. The van der Waals surface area contributed by atoms with E-state index >= 15 is 0 Å². The molecule has 0 bridgehead atoms. The lowest BCUT2D eigenvalue weighted by atomic mass is 10.1. The first-order chi connectivity index (χ1) is 9.56.